The minimum Gasteiger partial charge on any atom is -0.457 e. The molecule has 1 heterocycles. The Morgan fingerprint density at radius 3 is 2.22 bits per heavy atom. The van der Waals surface area contributed by atoms with Gasteiger partial charge in [-0.25, -0.2) is 0 Å². The van der Waals surface area contributed by atoms with Crippen molar-refractivity contribution in [3.63, 3.8) is 0 Å². The standard InChI is InChI=1S/C22H28N2O.2ClH/c1-2-10-20(11-3-1)25-21-12-6-9-19(17-21)22(18-7-4-5-8-18)24-15-13-23-14-16-24;;/h1-3,6,9-12,17-18,22-23H,4-5,7-8,13-16H2;2*1H/t22-;;/m0../s1. The molecule has 0 spiro atoms. The van der Waals surface area contributed by atoms with Gasteiger partial charge in [0.15, 0.2) is 0 Å². The molecular weight excluding hydrogens is 379 g/mol. The third-order valence-electron chi connectivity index (χ3n) is 5.57. The molecule has 5 heteroatoms. The first-order valence-electron chi connectivity index (χ1n) is 9.68. The van der Waals surface area contributed by atoms with Crippen molar-refractivity contribution < 1.29 is 4.74 Å². The highest BCUT2D eigenvalue weighted by molar-refractivity contribution is 5.85. The zero-order valence-electron chi connectivity index (χ0n) is 15.7. The first kappa shape index (κ1) is 22.0. The first-order chi connectivity index (χ1) is 12.4. The molecule has 2 fully saturated rings. The minimum atomic E-state index is 0. The summed E-state index contributed by atoms with van der Waals surface area (Å²) in [6.07, 6.45) is 5.48. The van der Waals surface area contributed by atoms with Gasteiger partial charge in [-0.3, -0.25) is 4.90 Å². The van der Waals surface area contributed by atoms with E-state index in [4.69, 9.17) is 4.74 Å². The van der Waals surface area contributed by atoms with Crippen molar-refractivity contribution in [2.75, 3.05) is 26.2 Å². The first-order valence-corrected chi connectivity index (χ1v) is 9.68. The van der Waals surface area contributed by atoms with E-state index >= 15 is 0 Å². The van der Waals surface area contributed by atoms with E-state index in [9.17, 15) is 0 Å². The Balaban J connectivity index is 0.00000131. The Kier molecular flexibility index (Phi) is 8.91. The van der Waals surface area contributed by atoms with E-state index in [1.54, 1.807) is 0 Å². The maximum Gasteiger partial charge on any atom is 0.127 e. The number of piperazine rings is 1. The molecule has 1 aliphatic heterocycles. The second-order valence-corrected chi connectivity index (χ2v) is 7.26. The van der Waals surface area contributed by atoms with Crippen molar-refractivity contribution in [1.82, 2.24) is 10.2 Å². The average molecular weight is 409 g/mol. The van der Waals surface area contributed by atoms with Crippen LogP contribution < -0.4 is 10.1 Å². The molecule has 2 aromatic rings. The molecule has 27 heavy (non-hydrogen) atoms. The van der Waals surface area contributed by atoms with Gasteiger partial charge in [-0.2, -0.15) is 0 Å². The summed E-state index contributed by atoms with van der Waals surface area (Å²) in [4.78, 5) is 2.69. The number of hydrogen-bond donors (Lipinski definition) is 1. The summed E-state index contributed by atoms with van der Waals surface area (Å²) < 4.78 is 6.09. The van der Waals surface area contributed by atoms with Crippen LogP contribution in [0.4, 0.5) is 0 Å². The number of para-hydroxylation sites is 1. The summed E-state index contributed by atoms with van der Waals surface area (Å²) in [5, 5.41) is 3.49. The van der Waals surface area contributed by atoms with E-state index in [2.05, 4.69) is 34.5 Å². The lowest BCUT2D eigenvalue weighted by atomic mass is 9.89. The second-order valence-electron chi connectivity index (χ2n) is 7.26. The Bertz CT molecular complexity index is 671. The molecule has 0 aromatic heterocycles. The molecule has 1 saturated carbocycles. The summed E-state index contributed by atoms with van der Waals surface area (Å²) in [5.41, 5.74) is 1.42. The lowest BCUT2D eigenvalue weighted by Crippen LogP contribution is -2.46. The van der Waals surface area contributed by atoms with Crippen molar-refractivity contribution >= 4 is 24.8 Å². The van der Waals surface area contributed by atoms with Crippen LogP contribution in [0.25, 0.3) is 0 Å². The Labute approximate surface area is 175 Å². The van der Waals surface area contributed by atoms with Crippen LogP contribution in [0.2, 0.25) is 0 Å². The maximum atomic E-state index is 6.09. The molecule has 0 radical (unpaired) electrons. The number of nitrogens with one attached hydrogen (secondary N) is 1. The summed E-state index contributed by atoms with van der Waals surface area (Å²) >= 11 is 0. The van der Waals surface area contributed by atoms with Crippen LogP contribution in [0.1, 0.15) is 37.3 Å². The summed E-state index contributed by atoms with van der Waals surface area (Å²) in [6, 6.07) is 19.4. The van der Waals surface area contributed by atoms with Crippen LogP contribution >= 0.6 is 24.8 Å². The number of halogens is 2. The van der Waals surface area contributed by atoms with E-state index in [0.717, 1.165) is 43.6 Å². The van der Waals surface area contributed by atoms with E-state index in [0.29, 0.717) is 6.04 Å². The van der Waals surface area contributed by atoms with Crippen molar-refractivity contribution in [2.24, 2.45) is 5.92 Å². The van der Waals surface area contributed by atoms with Gasteiger partial charge < -0.3 is 10.1 Å². The average Bonchev–Trinajstić information content (AvgIpc) is 3.18. The third-order valence-corrected chi connectivity index (χ3v) is 5.57. The fourth-order valence-electron chi connectivity index (χ4n) is 4.40. The summed E-state index contributed by atoms with van der Waals surface area (Å²) in [6.45, 7) is 4.49. The molecule has 2 aliphatic rings. The van der Waals surface area contributed by atoms with Crippen LogP contribution in [0, 0.1) is 5.92 Å². The molecule has 0 amide bonds. The summed E-state index contributed by atoms with van der Waals surface area (Å²) in [7, 11) is 0. The van der Waals surface area contributed by atoms with E-state index in [1.807, 2.05) is 30.3 Å². The van der Waals surface area contributed by atoms with Gasteiger partial charge in [0.25, 0.3) is 0 Å². The molecule has 1 N–H and O–H groups in total. The smallest absolute Gasteiger partial charge is 0.127 e. The molecule has 148 valence electrons. The molecule has 2 aromatic carbocycles. The van der Waals surface area contributed by atoms with Crippen LogP contribution in [0.3, 0.4) is 0 Å². The third kappa shape index (κ3) is 5.61. The maximum absolute atomic E-state index is 6.09. The van der Waals surface area contributed by atoms with Crippen LogP contribution in [-0.2, 0) is 0 Å². The fourth-order valence-corrected chi connectivity index (χ4v) is 4.40. The molecule has 1 atom stereocenters. The fraction of sp³-hybridized carbons (Fsp3) is 0.455. The topological polar surface area (TPSA) is 24.5 Å². The molecule has 1 saturated heterocycles. The van der Waals surface area contributed by atoms with Crippen LogP contribution in [0.5, 0.6) is 11.5 Å². The normalized spacial score (nSPS) is 19.0. The van der Waals surface area contributed by atoms with E-state index in [-0.39, 0.29) is 24.8 Å². The van der Waals surface area contributed by atoms with Crippen LogP contribution in [-0.4, -0.2) is 31.1 Å². The number of ether oxygens (including phenoxy) is 1. The number of rotatable bonds is 5. The molecular formula is C22H30Cl2N2O. The van der Waals surface area contributed by atoms with Crippen LogP contribution in [0.15, 0.2) is 54.6 Å². The molecule has 1 aliphatic carbocycles. The largest absolute Gasteiger partial charge is 0.457 e. The van der Waals surface area contributed by atoms with Gasteiger partial charge in [0.1, 0.15) is 11.5 Å². The van der Waals surface area contributed by atoms with Gasteiger partial charge in [-0.05, 0) is 48.6 Å². The van der Waals surface area contributed by atoms with Crippen molar-refractivity contribution in [3.8, 4) is 11.5 Å². The number of nitrogens with zero attached hydrogens (tertiary/aromatic N) is 1. The van der Waals surface area contributed by atoms with Gasteiger partial charge in [0, 0.05) is 32.2 Å². The van der Waals surface area contributed by atoms with E-state index in [1.165, 1.54) is 31.2 Å². The summed E-state index contributed by atoms with van der Waals surface area (Å²) in [5.74, 6) is 2.63. The van der Waals surface area contributed by atoms with Gasteiger partial charge in [0.2, 0.25) is 0 Å². The van der Waals surface area contributed by atoms with E-state index < -0.39 is 0 Å². The minimum absolute atomic E-state index is 0. The molecule has 4 rings (SSSR count). The Hall–Kier alpha value is -1.26. The number of benzene rings is 2. The quantitative estimate of drug-likeness (QED) is 0.710. The molecule has 3 nitrogen and oxygen atoms in total. The van der Waals surface area contributed by atoms with Crippen molar-refractivity contribution in [2.45, 2.75) is 31.7 Å². The molecule has 0 bridgehead atoms. The van der Waals surface area contributed by atoms with Gasteiger partial charge in [0.05, 0.1) is 0 Å². The van der Waals surface area contributed by atoms with Gasteiger partial charge >= 0.3 is 0 Å². The SMILES string of the molecule is Cl.Cl.c1ccc(Oc2cccc([C@H](C3CCCC3)N3CCNCC3)c2)cc1. The highest BCUT2D eigenvalue weighted by atomic mass is 35.5. The lowest BCUT2D eigenvalue weighted by molar-refractivity contribution is 0.125. The highest BCUT2D eigenvalue weighted by Gasteiger charge is 2.32. The zero-order valence-corrected chi connectivity index (χ0v) is 17.3. The Morgan fingerprint density at radius 1 is 0.852 bits per heavy atom. The molecule has 0 unspecified atom stereocenters. The zero-order chi connectivity index (χ0) is 16.9. The monoisotopic (exact) mass is 408 g/mol. The highest BCUT2D eigenvalue weighted by Crippen LogP contribution is 2.40. The number of hydrogen-bond acceptors (Lipinski definition) is 3. The lowest BCUT2D eigenvalue weighted by Gasteiger charge is -2.38. The van der Waals surface area contributed by atoms with Crippen molar-refractivity contribution in [3.05, 3.63) is 60.2 Å². The Morgan fingerprint density at radius 2 is 1.52 bits per heavy atom. The predicted molar refractivity (Wildman–Crippen MR) is 117 cm³/mol. The predicted octanol–water partition coefficient (Wildman–Crippen LogP) is 5.46. The van der Waals surface area contributed by atoms with Gasteiger partial charge in [-0.1, -0.05) is 43.2 Å². The van der Waals surface area contributed by atoms with Crippen molar-refractivity contribution in [1.29, 1.82) is 0 Å². The second kappa shape index (κ2) is 10.9. The van der Waals surface area contributed by atoms with Gasteiger partial charge in [-0.15, -0.1) is 24.8 Å².